The van der Waals surface area contributed by atoms with Crippen LogP contribution in [0.2, 0.25) is 0 Å². The number of hydrogen-bond donors (Lipinski definition) is 2. The van der Waals surface area contributed by atoms with Gasteiger partial charge in [-0.15, -0.1) is 11.3 Å². The summed E-state index contributed by atoms with van der Waals surface area (Å²) in [6.45, 7) is 0.393. The summed E-state index contributed by atoms with van der Waals surface area (Å²) in [6, 6.07) is 10.4. The average molecular weight is 371 g/mol. The van der Waals surface area contributed by atoms with Crippen LogP contribution in [0.15, 0.2) is 41.8 Å². The van der Waals surface area contributed by atoms with Gasteiger partial charge in [-0.05, 0) is 17.5 Å². The number of carbonyl (C=O) groups excluding carboxylic acids is 3. The highest BCUT2D eigenvalue weighted by atomic mass is 32.1. The topological polar surface area (TPSA) is 87.7 Å². The monoisotopic (exact) mass is 371 g/mol. The Labute approximate surface area is 153 Å². The van der Waals surface area contributed by atoms with Gasteiger partial charge in [-0.2, -0.15) is 0 Å². The van der Waals surface area contributed by atoms with Crippen molar-refractivity contribution in [1.29, 1.82) is 0 Å². The zero-order chi connectivity index (χ0) is 18.1. The van der Waals surface area contributed by atoms with E-state index in [9.17, 15) is 14.4 Å². The van der Waals surface area contributed by atoms with Crippen LogP contribution in [0.1, 0.15) is 16.9 Å². The first-order chi connectivity index (χ1) is 12.6. The number of para-hydroxylation sites is 1. The lowest BCUT2D eigenvalue weighted by Crippen LogP contribution is -2.48. The molecule has 0 unspecified atom stereocenters. The minimum atomic E-state index is -1.15. The van der Waals surface area contributed by atoms with Gasteiger partial charge >= 0.3 is 6.03 Å². The molecule has 1 spiro atoms. The quantitative estimate of drug-likeness (QED) is 0.799. The normalized spacial score (nSPS) is 21.3. The summed E-state index contributed by atoms with van der Waals surface area (Å²) in [6.07, 6.45) is 0.335. The molecule has 1 aromatic heterocycles. The minimum absolute atomic E-state index is 0.305. The molecule has 134 valence electrons. The maximum atomic E-state index is 13.0. The molecule has 26 heavy (non-hydrogen) atoms. The zero-order valence-electron chi connectivity index (χ0n) is 13.9. The molecule has 0 aliphatic carbocycles. The lowest BCUT2D eigenvalue weighted by Gasteiger charge is -2.33. The molecule has 4 rings (SSSR count). The molecule has 8 heteroatoms. The van der Waals surface area contributed by atoms with Gasteiger partial charge in [-0.3, -0.25) is 14.5 Å². The fourth-order valence-corrected chi connectivity index (χ4v) is 3.96. The highest BCUT2D eigenvalue weighted by Gasteiger charge is 2.55. The van der Waals surface area contributed by atoms with Gasteiger partial charge in [0.05, 0.1) is 13.2 Å². The van der Waals surface area contributed by atoms with Crippen LogP contribution in [0, 0.1) is 0 Å². The van der Waals surface area contributed by atoms with Crippen molar-refractivity contribution in [3.05, 3.63) is 52.2 Å². The molecule has 0 saturated carbocycles. The Balaban J connectivity index is 1.50. The van der Waals surface area contributed by atoms with Crippen LogP contribution in [-0.4, -0.2) is 35.9 Å². The van der Waals surface area contributed by atoms with E-state index in [-0.39, 0.29) is 12.5 Å². The molecule has 4 amide bonds. The molecular weight excluding hydrogens is 354 g/mol. The number of hydrogen-bond acceptors (Lipinski definition) is 5. The van der Waals surface area contributed by atoms with E-state index in [4.69, 9.17) is 4.74 Å². The van der Waals surface area contributed by atoms with Crippen LogP contribution in [0.5, 0.6) is 5.75 Å². The lowest BCUT2D eigenvalue weighted by atomic mass is 9.84. The van der Waals surface area contributed by atoms with E-state index in [1.54, 1.807) is 18.2 Å². The van der Waals surface area contributed by atoms with E-state index in [2.05, 4.69) is 10.6 Å². The molecule has 1 fully saturated rings. The van der Waals surface area contributed by atoms with Crippen LogP contribution in [0.3, 0.4) is 0 Å². The van der Waals surface area contributed by atoms with E-state index < -0.39 is 17.5 Å². The molecule has 2 aromatic rings. The summed E-state index contributed by atoms with van der Waals surface area (Å²) >= 11 is 1.53. The van der Waals surface area contributed by atoms with Crippen molar-refractivity contribution in [3.63, 3.8) is 0 Å². The summed E-state index contributed by atoms with van der Waals surface area (Å²) < 4.78 is 5.59. The van der Waals surface area contributed by atoms with Crippen LogP contribution in [0.25, 0.3) is 0 Å². The first kappa shape index (κ1) is 16.6. The number of nitrogens with zero attached hydrogens (tertiary/aromatic N) is 1. The van der Waals surface area contributed by atoms with Gasteiger partial charge < -0.3 is 15.4 Å². The van der Waals surface area contributed by atoms with Crippen molar-refractivity contribution >= 4 is 29.2 Å². The second kappa shape index (κ2) is 6.45. The largest absolute Gasteiger partial charge is 0.493 e. The Hall–Kier alpha value is -2.87. The molecule has 2 aliphatic rings. The fourth-order valence-electron chi connectivity index (χ4n) is 3.31. The number of imide groups is 1. The Bertz CT molecular complexity index is 867. The van der Waals surface area contributed by atoms with Crippen molar-refractivity contribution in [2.75, 3.05) is 13.2 Å². The van der Waals surface area contributed by atoms with Crippen LogP contribution < -0.4 is 15.4 Å². The van der Waals surface area contributed by atoms with Gasteiger partial charge in [0.15, 0.2) is 5.54 Å². The highest BCUT2D eigenvalue weighted by molar-refractivity contribution is 7.09. The maximum Gasteiger partial charge on any atom is 0.325 e. The molecule has 1 aromatic carbocycles. The predicted octanol–water partition coefficient (Wildman–Crippen LogP) is 1.59. The third kappa shape index (κ3) is 2.72. The number of rotatable bonds is 4. The predicted molar refractivity (Wildman–Crippen MR) is 94.6 cm³/mol. The highest BCUT2D eigenvalue weighted by Crippen LogP contribution is 2.40. The number of amides is 4. The van der Waals surface area contributed by atoms with Gasteiger partial charge in [0.1, 0.15) is 12.3 Å². The summed E-state index contributed by atoms with van der Waals surface area (Å²) in [7, 11) is 0. The summed E-state index contributed by atoms with van der Waals surface area (Å²) in [5, 5.41) is 7.44. The van der Waals surface area contributed by atoms with E-state index >= 15 is 0 Å². The molecule has 2 aliphatic heterocycles. The van der Waals surface area contributed by atoms with E-state index in [0.29, 0.717) is 30.9 Å². The van der Waals surface area contributed by atoms with E-state index in [0.717, 1.165) is 9.78 Å². The van der Waals surface area contributed by atoms with Gasteiger partial charge in [-0.1, -0.05) is 24.3 Å². The van der Waals surface area contributed by atoms with Gasteiger partial charge in [-0.25, -0.2) is 4.79 Å². The Morgan fingerprint density at radius 2 is 2.12 bits per heavy atom. The molecular formula is C18H17N3O4S. The summed E-state index contributed by atoms with van der Waals surface area (Å²) in [5.41, 5.74) is -0.522. The molecule has 1 atom stereocenters. The Morgan fingerprint density at radius 1 is 1.27 bits per heavy atom. The van der Waals surface area contributed by atoms with E-state index in [1.807, 2.05) is 23.6 Å². The number of thiophene rings is 1. The molecule has 0 radical (unpaired) electrons. The minimum Gasteiger partial charge on any atom is -0.493 e. The van der Waals surface area contributed by atoms with Gasteiger partial charge in [0.2, 0.25) is 5.91 Å². The second-order valence-corrected chi connectivity index (χ2v) is 7.21. The van der Waals surface area contributed by atoms with Crippen molar-refractivity contribution in [3.8, 4) is 5.75 Å². The first-order valence-electron chi connectivity index (χ1n) is 8.26. The number of nitrogens with one attached hydrogen (secondary N) is 2. The smallest absolute Gasteiger partial charge is 0.325 e. The molecule has 3 heterocycles. The molecule has 7 nitrogen and oxygen atoms in total. The molecule has 1 saturated heterocycles. The van der Waals surface area contributed by atoms with Crippen molar-refractivity contribution in [2.45, 2.75) is 18.5 Å². The number of urea groups is 1. The third-order valence-corrected chi connectivity index (χ3v) is 5.48. The summed E-state index contributed by atoms with van der Waals surface area (Å²) in [5.74, 6) is -0.208. The standard InChI is InChI=1S/C18H17N3O4S/c22-15(19-10-12-4-3-9-26-12)11-21-16(23)18(20-17(21)24)7-8-25-14-6-2-1-5-13(14)18/h1-6,9H,7-8,10-11H2,(H,19,22)(H,20,24)/t18-/m0/s1. The zero-order valence-corrected chi connectivity index (χ0v) is 14.7. The van der Waals surface area contributed by atoms with Gasteiger partial charge in [0, 0.05) is 16.9 Å². The third-order valence-electron chi connectivity index (χ3n) is 4.60. The Kier molecular flexibility index (Phi) is 4.12. The van der Waals surface area contributed by atoms with Gasteiger partial charge in [0.25, 0.3) is 5.91 Å². The summed E-state index contributed by atoms with van der Waals surface area (Å²) in [4.78, 5) is 39.6. The SMILES string of the molecule is O=C(CN1C(=O)N[C@]2(CCOc3ccccc32)C1=O)NCc1cccs1. The van der Waals surface area contributed by atoms with Crippen molar-refractivity contribution in [2.24, 2.45) is 0 Å². The first-order valence-corrected chi connectivity index (χ1v) is 9.13. The molecule has 0 bridgehead atoms. The fraction of sp³-hybridized carbons (Fsp3) is 0.278. The van der Waals surface area contributed by atoms with E-state index in [1.165, 1.54) is 11.3 Å². The van der Waals surface area contributed by atoms with Crippen LogP contribution >= 0.6 is 11.3 Å². The van der Waals surface area contributed by atoms with Crippen LogP contribution in [-0.2, 0) is 21.7 Å². The average Bonchev–Trinajstić information content (AvgIpc) is 3.24. The Morgan fingerprint density at radius 3 is 2.92 bits per heavy atom. The second-order valence-electron chi connectivity index (χ2n) is 6.18. The van der Waals surface area contributed by atoms with Crippen LogP contribution in [0.4, 0.5) is 4.79 Å². The lowest BCUT2D eigenvalue weighted by molar-refractivity contribution is -0.136. The van der Waals surface area contributed by atoms with Crippen molar-refractivity contribution < 1.29 is 19.1 Å². The number of carbonyl (C=O) groups is 3. The number of benzene rings is 1. The maximum absolute atomic E-state index is 13.0. The van der Waals surface area contributed by atoms with Crippen molar-refractivity contribution in [1.82, 2.24) is 15.5 Å². The number of fused-ring (bicyclic) bond motifs is 2. The molecule has 2 N–H and O–H groups in total. The number of ether oxygens (including phenoxy) is 1.